The average Bonchev–Trinajstić information content (AvgIpc) is 2.27. The SMILES string of the molecule is C=CC(C)=C=Cc1cccc(N=[N+]=[N-])c1. The van der Waals surface area contributed by atoms with Crippen LogP contribution in [-0.4, -0.2) is 0 Å². The van der Waals surface area contributed by atoms with Crippen molar-refractivity contribution in [3.05, 3.63) is 64.2 Å². The second-order valence-electron chi connectivity index (χ2n) is 2.96. The van der Waals surface area contributed by atoms with Crippen LogP contribution >= 0.6 is 0 Å². The summed E-state index contributed by atoms with van der Waals surface area (Å²) in [5.41, 5.74) is 13.8. The third-order valence-corrected chi connectivity index (χ3v) is 1.80. The van der Waals surface area contributed by atoms with E-state index in [0.717, 1.165) is 11.1 Å². The van der Waals surface area contributed by atoms with Gasteiger partial charge in [-0.15, -0.1) is 5.73 Å². The summed E-state index contributed by atoms with van der Waals surface area (Å²) in [4.78, 5) is 2.73. The molecule has 0 fully saturated rings. The third kappa shape index (κ3) is 3.57. The van der Waals surface area contributed by atoms with Gasteiger partial charge in [-0.1, -0.05) is 36.0 Å². The first-order valence-corrected chi connectivity index (χ1v) is 4.47. The molecule has 1 aromatic carbocycles. The van der Waals surface area contributed by atoms with E-state index < -0.39 is 0 Å². The fourth-order valence-electron chi connectivity index (χ4n) is 0.985. The van der Waals surface area contributed by atoms with Crippen LogP contribution in [0.5, 0.6) is 0 Å². The van der Waals surface area contributed by atoms with E-state index >= 15 is 0 Å². The Balaban J connectivity index is 3.06. The molecular formula is C12H11N3. The summed E-state index contributed by atoms with van der Waals surface area (Å²) in [6.07, 6.45) is 3.56. The predicted molar refractivity (Wildman–Crippen MR) is 62.6 cm³/mol. The van der Waals surface area contributed by atoms with E-state index in [0.29, 0.717) is 5.69 Å². The quantitative estimate of drug-likeness (QED) is 0.227. The zero-order valence-electron chi connectivity index (χ0n) is 8.51. The molecule has 74 valence electrons. The Hall–Kier alpha value is -2.21. The number of benzene rings is 1. The van der Waals surface area contributed by atoms with Gasteiger partial charge >= 0.3 is 0 Å². The smallest absolute Gasteiger partial charge is 0.0381 e. The molecule has 0 atom stereocenters. The number of nitrogens with zero attached hydrogens (tertiary/aromatic N) is 3. The van der Waals surface area contributed by atoms with Gasteiger partial charge in [-0.3, -0.25) is 0 Å². The monoisotopic (exact) mass is 197 g/mol. The normalized spacial score (nSPS) is 8.33. The van der Waals surface area contributed by atoms with E-state index in [1.807, 2.05) is 25.1 Å². The fraction of sp³-hybridized carbons (Fsp3) is 0.0833. The molecule has 1 aromatic rings. The van der Waals surface area contributed by atoms with Gasteiger partial charge in [-0.25, -0.2) is 0 Å². The molecule has 0 aromatic heterocycles. The lowest BCUT2D eigenvalue weighted by atomic mass is 10.2. The molecule has 0 amide bonds. The highest BCUT2D eigenvalue weighted by Crippen LogP contribution is 2.15. The van der Waals surface area contributed by atoms with E-state index in [-0.39, 0.29) is 0 Å². The van der Waals surface area contributed by atoms with Gasteiger partial charge in [0.1, 0.15) is 0 Å². The van der Waals surface area contributed by atoms with Gasteiger partial charge in [-0.2, -0.15) is 0 Å². The Kier molecular flexibility index (Phi) is 3.99. The first-order valence-electron chi connectivity index (χ1n) is 4.47. The lowest BCUT2D eigenvalue weighted by Crippen LogP contribution is -1.69. The van der Waals surface area contributed by atoms with Gasteiger partial charge in [0.05, 0.1) is 0 Å². The van der Waals surface area contributed by atoms with Crippen LogP contribution in [0, 0.1) is 0 Å². The van der Waals surface area contributed by atoms with Crippen molar-refractivity contribution < 1.29 is 0 Å². The highest BCUT2D eigenvalue weighted by atomic mass is 15.1. The molecule has 0 saturated heterocycles. The van der Waals surface area contributed by atoms with Gasteiger partial charge in [0.2, 0.25) is 0 Å². The van der Waals surface area contributed by atoms with Crippen molar-refractivity contribution in [1.29, 1.82) is 0 Å². The Labute approximate surface area is 88.7 Å². The summed E-state index contributed by atoms with van der Waals surface area (Å²) in [5, 5.41) is 3.52. The van der Waals surface area contributed by atoms with Crippen molar-refractivity contribution in [2.24, 2.45) is 5.11 Å². The van der Waals surface area contributed by atoms with E-state index in [4.69, 9.17) is 5.53 Å². The fourth-order valence-corrected chi connectivity index (χ4v) is 0.985. The van der Waals surface area contributed by atoms with Crippen LogP contribution < -0.4 is 0 Å². The molecule has 0 spiro atoms. The molecule has 0 aliphatic heterocycles. The molecule has 15 heavy (non-hydrogen) atoms. The van der Waals surface area contributed by atoms with Crippen molar-refractivity contribution in [3.63, 3.8) is 0 Å². The minimum Gasteiger partial charge on any atom is -0.117 e. The second kappa shape index (κ2) is 5.51. The van der Waals surface area contributed by atoms with E-state index in [1.54, 1.807) is 18.2 Å². The largest absolute Gasteiger partial charge is 0.117 e. The number of allylic oxidation sites excluding steroid dienone is 2. The van der Waals surface area contributed by atoms with Crippen LogP contribution in [0.25, 0.3) is 16.5 Å². The van der Waals surface area contributed by atoms with Crippen molar-refractivity contribution in [1.82, 2.24) is 0 Å². The van der Waals surface area contributed by atoms with Crippen LogP contribution in [0.4, 0.5) is 5.69 Å². The van der Waals surface area contributed by atoms with Gasteiger partial charge < -0.3 is 0 Å². The Bertz CT molecular complexity index is 473. The molecule has 3 heteroatoms. The molecule has 0 saturated carbocycles. The molecule has 0 heterocycles. The van der Waals surface area contributed by atoms with E-state index in [9.17, 15) is 0 Å². The highest BCUT2D eigenvalue weighted by Gasteiger charge is 1.89. The van der Waals surface area contributed by atoms with Gasteiger partial charge in [0.25, 0.3) is 0 Å². The number of azide groups is 1. The van der Waals surface area contributed by atoms with Crippen LogP contribution in [0.2, 0.25) is 0 Å². The minimum atomic E-state index is 0.601. The van der Waals surface area contributed by atoms with E-state index in [1.165, 1.54) is 0 Å². The van der Waals surface area contributed by atoms with Gasteiger partial charge in [0.15, 0.2) is 0 Å². The Morgan fingerprint density at radius 3 is 3.07 bits per heavy atom. The van der Waals surface area contributed by atoms with Crippen LogP contribution in [0.15, 0.2) is 53.3 Å². The van der Waals surface area contributed by atoms with Gasteiger partial charge in [-0.05, 0) is 35.7 Å². The summed E-state index contributed by atoms with van der Waals surface area (Å²) in [6, 6.07) is 7.30. The number of rotatable bonds is 3. The summed E-state index contributed by atoms with van der Waals surface area (Å²) in [6.45, 7) is 5.55. The molecular weight excluding hydrogens is 186 g/mol. The molecule has 3 nitrogen and oxygen atoms in total. The van der Waals surface area contributed by atoms with Crippen LogP contribution in [-0.2, 0) is 0 Å². The maximum Gasteiger partial charge on any atom is 0.0381 e. The molecule has 0 unspecified atom stereocenters. The van der Waals surface area contributed by atoms with Gasteiger partial charge in [0, 0.05) is 10.6 Å². The lowest BCUT2D eigenvalue weighted by Gasteiger charge is -1.93. The first-order chi connectivity index (χ1) is 7.26. The Morgan fingerprint density at radius 1 is 1.60 bits per heavy atom. The standard InChI is InChI=1S/C12H11N3/c1-3-10(2)7-8-11-5-4-6-12(9-11)14-15-13/h3-6,8-9H,1H2,2H3. The zero-order valence-corrected chi connectivity index (χ0v) is 8.51. The Morgan fingerprint density at radius 2 is 2.40 bits per heavy atom. The van der Waals surface area contributed by atoms with Crippen molar-refractivity contribution in [2.45, 2.75) is 6.92 Å². The lowest BCUT2D eigenvalue weighted by molar-refractivity contribution is 1.47. The molecule has 0 aliphatic carbocycles. The van der Waals surface area contributed by atoms with Crippen molar-refractivity contribution >= 4 is 11.8 Å². The zero-order chi connectivity index (χ0) is 11.1. The topological polar surface area (TPSA) is 48.8 Å². The maximum absolute atomic E-state index is 8.28. The van der Waals surface area contributed by atoms with Crippen LogP contribution in [0.3, 0.4) is 0 Å². The molecule has 1 rings (SSSR count). The summed E-state index contributed by atoms with van der Waals surface area (Å²) >= 11 is 0. The second-order valence-corrected chi connectivity index (χ2v) is 2.96. The summed E-state index contributed by atoms with van der Waals surface area (Å²) < 4.78 is 0. The maximum atomic E-state index is 8.28. The molecule has 0 aliphatic rings. The van der Waals surface area contributed by atoms with Crippen molar-refractivity contribution in [2.75, 3.05) is 0 Å². The van der Waals surface area contributed by atoms with Crippen molar-refractivity contribution in [3.8, 4) is 0 Å². The number of hydrogen-bond acceptors (Lipinski definition) is 1. The molecule has 0 radical (unpaired) electrons. The van der Waals surface area contributed by atoms with E-state index in [2.05, 4.69) is 22.3 Å². The highest BCUT2D eigenvalue weighted by molar-refractivity contribution is 5.55. The summed E-state index contributed by atoms with van der Waals surface area (Å²) in [7, 11) is 0. The predicted octanol–water partition coefficient (Wildman–Crippen LogP) is 4.37. The number of hydrogen-bond donors (Lipinski definition) is 0. The third-order valence-electron chi connectivity index (χ3n) is 1.80. The summed E-state index contributed by atoms with van der Waals surface area (Å²) in [5.74, 6) is 0. The molecule has 0 N–H and O–H groups in total. The average molecular weight is 197 g/mol. The van der Waals surface area contributed by atoms with Crippen LogP contribution in [0.1, 0.15) is 12.5 Å². The molecule has 0 bridgehead atoms. The minimum absolute atomic E-state index is 0.601. The first kappa shape index (κ1) is 10.9.